The van der Waals surface area contributed by atoms with Crippen LogP contribution in [0.5, 0.6) is 0 Å². The van der Waals surface area contributed by atoms with Gasteiger partial charge >= 0.3 is 5.97 Å². The quantitative estimate of drug-likeness (QED) is 0.781. The molecule has 0 amide bonds. The van der Waals surface area contributed by atoms with Gasteiger partial charge in [-0.2, -0.15) is 5.10 Å². The highest BCUT2D eigenvalue weighted by atomic mass is 32.2. The monoisotopic (exact) mass is 275 g/mol. The highest BCUT2D eigenvalue weighted by Crippen LogP contribution is 2.16. The van der Waals surface area contributed by atoms with Gasteiger partial charge in [0.25, 0.3) is 10.0 Å². The number of hydrogen-bond acceptors (Lipinski definition) is 5. The molecule has 1 heterocycles. The standard InChI is InChI=1S/C10H17N3O4S/c1-4-17-10(14)8-5-12-13(6-7(2)3)9(8)18(11,15)16/h5,7H,4,6H2,1-3H3,(H2,11,15,16). The van der Waals surface area contributed by atoms with Crippen molar-refractivity contribution in [3.63, 3.8) is 0 Å². The molecule has 8 heteroatoms. The third-order valence-electron chi connectivity index (χ3n) is 2.09. The summed E-state index contributed by atoms with van der Waals surface area (Å²) in [4.78, 5) is 11.6. The summed E-state index contributed by atoms with van der Waals surface area (Å²) < 4.78 is 29.1. The molecular weight excluding hydrogens is 258 g/mol. The summed E-state index contributed by atoms with van der Waals surface area (Å²) in [7, 11) is -4.03. The van der Waals surface area contributed by atoms with Crippen molar-refractivity contribution in [1.29, 1.82) is 0 Å². The molecule has 1 rings (SSSR count). The molecule has 0 fully saturated rings. The molecule has 0 aromatic carbocycles. The van der Waals surface area contributed by atoms with Gasteiger partial charge in [0.2, 0.25) is 0 Å². The molecule has 102 valence electrons. The molecule has 0 radical (unpaired) electrons. The minimum atomic E-state index is -4.03. The van der Waals surface area contributed by atoms with Crippen molar-refractivity contribution >= 4 is 16.0 Å². The summed E-state index contributed by atoms with van der Waals surface area (Å²) in [5.74, 6) is -0.572. The number of ether oxygens (including phenoxy) is 1. The maximum atomic E-state index is 11.6. The summed E-state index contributed by atoms with van der Waals surface area (Å²) in [5.41, 5.74) is -0.125. The zero-order chi connectivity index (χ0) is 13.9. The molecule has 7 nitrogen and oxygen atoms in total. The zero-order valence-corrected chi connectivity index (χ0v) is 11.4. The molecule has 2 N–H and O–H groups in total. The fraction of sp³-hybridized carbons (Fsp3) is 0.600. The first-order valence-electron chi connectivity index (χ1n) is 5.53. The van der Waals surface area contributed by atoms with Gasteiger partial charge in [-0.25, -0.2) is 18.4 Å². The van der Waals surface area contributed by atoms with E-state index >= 15 is 0 Å². The molecule has 1 aromatic rings. The number of nitrogens with two attached hydrogens (primary N) is 1. The molecule has 0 saturated heterocycles. The van der Waals surface area contributed by atoms with Crippen LogP contribution in [0.15, 0.2) is 11.2 Å². The van der Waals surface area contributed by atoms with Crippen LogP contribution in [0.2, 0.25) is 0 Å². The Balaban J connectivity index is 3.29. The second-order valence-electron chi connectivity index (χ2n) is 4.20. The van der Waals surface area contributed by atoms with Gasteiger partial charge in [0.15, 0.2) is 5.03 Å². The zero-order valence-electron chi connectivity index (χ0n) is 10.6. The lowest BCUT2D eigenvalue weighted by Crippen LogP contribution is -2.22. The van der Waals surface area contributed by atoms with Crippen molar-refractivity contribution < 1.29 is 17.9 Å². The van der Waals surface area contributed by atoms with Crippen molar-refractivity contribution in [2.24, 2.45) is 11.1 Å². The Kier molecular flexibility index (Phi) is 4.47. The Labute approximate surface area is 106 Å². The van der Waals surface area contributed by atoms with E-state index in [2.05, 4.69) is 5.10 Å². The number of aromatic nitrogens is 2. The fourth-order valence-electron chi connectivity index (χ4n) is 1.50. The Bertz CT molecular complexity index is 533. The molecule has 1 aromatic heterocycles. The maximum Gasteiger partial charge on any atom is 0.342 e. The average Bonchev–Trinajstić information content (AvgIpc) is 2.60. The molecule has 0 bridgehead atoms. The second-order valence-corrected chi connectivity index (χ2v) is 5.68. The molecule has 0 saturated carbocycles. The van der Waals surface area contributed by atoms with Gasteiger partial charge in [-0.1, -0.05) is 13.8 Å². The number of carbonyl (C=O) groups excluding carboxylic acids is 1. The summed E-state index contributed by atoms with van der Waals surface area (Å²) in [6, 6.07) is 0. The molecule has 0 spiro atoms. The number of carbonyl (C=O) groups is 1. The van der Waals surface area contributed by atoms with E-state index in [0.717, 1.165) is 0 Å². The van der Waals surface area contributed by atoms with E-state index in [0.29, 0.717) is 6.54 Å². The van der Waals surface area contributed by atoms with Crippen molar-refractivity contribution in [2.75, 3.05) is 6.61 Å². The second kappa shape index (κ2) is 5.49. The van der Waals surface area contributed by atoms with Crippen LogP contribution in [0.4, 0.5) is 0 Å². The lowest BCUT2D eigenvalue weighted by atomic mass is 10.2. The maximum absolute atomic E-state index is 11.6. The van der Waals surface area contributed by atoms with E-state index in [1.807, 2.05) is 13.8 Å². The first kappa shape index (κ1) is 14.7. The van der Waals surface area contributed by atoms with E-state index < -0.39 is 16.0 Å². The van der Waals surface area contributed by atoms with Crippen LogP contribution >= 0.6 is 0 Å². The predicted octanol–water partition coefficient (Wildman–Crippen LogP) is 0.363. The smallest absolute Gasteiger partial charge is 0.342 e. The molecule has 18 heavy (non-hydrogen) atoms. The van der Waals surface area contributed by atoms with Gasteiger partial charge in [-0.3, -0.25) is 4.68 Å². The molecule has 0 aliphatic heterocycles. The van der Waals surface area contributed by atoms with Crippen LogP contribution in [0.1, 0.15) is 31.1 Å². The molecule has 0 aliphatic rings. The van der Waals surface area contributed by atoms with E-state index in [1.54, 1.807) is 6.92 Å². The first-order valence-corrected chi connectivity index (χ1v) is 7.07. The molecule has 0 aliphatic carbocycles. The SMILES string of the molecule is CCOC(=O)c1cnn(CC(C)C)c1S(N)(=O)=O. The number of rotatable bonds is 5. The van der Waals surface area contributed by atoms with E-state index in [9.17, 15) is 13.2 Å². The van der Waals surface area contributed by atoms with Crippen LogP contribution in [0, 0.1) is 5.92 Å². The van der Waals surface area contributed by atoms with Gasteiger partial charge in [-0.05, 0) is 12.8 Å². The normalized spacial score (nSPS) is 11.8. The summed E-state index contributed by atoms with van der Waals surface area (Å²) in [6.07, 6.45) is 1.17. The molecular formula is C10H17N3O4S. The van der Waals surface area contributed by atoms with Gasteiger partial charge in [0, 0.05) is 6.54 Å². The Morgan fingerprint density at radius 3 is 2.61 bits per heavy atom. The van der Waals surface area contributed by atoms with Crippen LogP contribution in [0.25, 0.3) is 0 Å². The lowest BCUT2D eigenvalue weighted by molar-refractivity contribution is 0.0521. The van der Waals surface area contributed by atoms with E-state index in [-0.39, 0.29) is 23.1 Å². The number of esters is 1. The Morgan fingerprint density at radius 1 is 1.56 bits per heavy atom. The average molecular weight is 275 g/mol. The molecule has 0 atom stereocenters. The molecule has 0 unspecified atom stereocenters. The third kappa shape index (κ3) is 3.30. The first-order chi connectivity index (χ1) is 8.27. The number of sulfonamides is 1. The van der Waals surface area contributed by atoms with Crippen molar-refractivity contribution in [2.45, 2.75) is 32.3 Å². The van der Waals surface area contributed by atoms with E-state index in [1.165, 1.54) is 10.9 Å². The Morgan fingerprint density at radius 2 is 2.17 bits per heavy atom. The van der Waals surface area contributed by atoms with Crippen LogP contribution < -0.4 is 5.14 Å². The Hall–Kier alpha value is -1.41. The van der Waals surface area contributed by atoms with Crippen LogP contribution in [-0.4, -0.2) is 30.8 Å². The number of primary sulfonamides is 1. The minimum Gasteiger partial charge on any atom is -0.462 e. The van der Waals surface area contributed by atoms with Gasteiger partial charge in [0.05, 0.1) is 12.8 Å². The van der Waals surface area contributed by atoms with E-state index in [4.69, 9.17) is 9.88 Å². The topological polar surface area (TPSA) is 104 Å². The predicted molar refractivity (Wildman–Crippen MR) is 64.4 cm³/mol. The highest BCUT2D eigenvalue weighted by Gasteiger charge is 2.26. The van der Waals surface area contributed by atoms with Gasteiger partial charge < -0.3 is 4.74 Å². The minimum absolute atomic E-state index is 0.125. The van der Waals surface area contributed by atoms with Crippen molar-refractivity contribution in [1.82, 2.24) is 9.78 Å². The van der Waals surface area contributed by atoms with Crippen molar-refractivity contribution in [3.05, 3.63) is 11.8 Å². The fourth-order valence-corrected chi connectivity index (χ4v) is 2.36. The van der Waals surface area contributed by atoms with Gasteiger partial charge in [0.1, 0.15) is 5.56 Å². The van der Waals surface area contributed by atoms with Crippen LogP contribution in [-0.2, 0) is 21.3 Å². The summed E-state index contributed by atoms with van der Waals surface area (Å²) in [5, 5.41) is 8.70. The number of nitrogens with zero attached hydrogens (tertiary/aromatic N) is 2. The largest absolute Gasteiger partial charge is 0.462 e. The number of hydrogen-bond donors (Lipinski definition) is 1. The summed E-state index contributed by atoms with van der Waals surface area (Å²) in [6.45, 7) is 5.94. The van der Waals surface area contributed by atoms with Gasteiger partial charge in [-0.15, -0.1) is 0 Å². The summed E-state index contributed by atoms with van der Waals surface area (Å²) >= 11 is 0. The lowest BCUT2D eigenvalue weighted by Gasteiger charge is -2.09. The van der Waals surface area contributed by atoms with Crippen molar-refractivity contribution in [3.8, 4) is 0 Å². The van der Waals surface area contributed by atoms with Crippen LogP contribution in [0.3, 0.4) is 0 Å². The third-order valence-corrected chi connectivity index (χ3v) is 3.06. The highest BCUT2D eigenvalue weighted by molar-refractivity contribution is 7.89.